The number of carbonyl (C=O) groups is 2. The Labute approximate surface area is 181 Å². The molecule has 0 aliphatic heterocycles. The summed E-state index contributed by atoms with van der Waals surface area (Å²) in [6.07, 6.45) is -0.180. The monoisotopic (exact) mass is 506 g/mol. The summed E-state index contributed by atoms with van der Waals surface area (Å²) in [6, 6.07) is 18.7. The van der Waals surface area contributed by atoms with Crippen molar-refractivity contribution < 1.29 is 19.1 Å². The standard InChI is InChI=1S/C22H19IO4S/c1-15(24)14-22(16(2)25,27-20-11-7-18(23)8-12-20)26-19-9-5-17(6-10-19)21-4-3-13-28-21/h3-13H,14H2,1-2H3. The second-order valence-corrected chi connectivity index (χ2v) is 8.54. The van der Waals surface area contributed by atoms with Crippen LogP contribution in [0.15, 0.2) is 66.0 Å². The number of hydrogen-bond acceptors (Lipinski definition) is 5. The molecule has 0 saturated carbocycles. The fraction of sp³-hybridized carbons (Fsp3) is 0.182. The maximum Gasteiger partial charge on any atom is 0.317 e. The van der Waals surface area contributed by atoms with Gasteiger partial charge in [0.1, 0.15) is 17.3 Å². The SMILES string of the molecule is CC(=O)CC(Oc1ccc(I)cc1)(Oc1ccc(-c2cccs2)cc1)C(C)=O. The van der Waals surface area contributed by atoms with Crippen molar-refractivity contribution in [2.24, 2.45) is 0 Å². The zero-order valence-electron chi connectivity index (χ0n) is 15.5. The molecule has 0 fully saturated rings. The van der Waals surface area contributed by atoms with E-state index in [1.165, 1.54) is 13.8 Å². The van der Waals surface area contributed by atoms with Crippen molar-refractivity contribution >= 4 is 45.5 Å². The van der Waals surface area contributed by atoms with Crippen LogP contribution in [0.3, 0.4) is 0 Å². The number of rotatable bonds is 8. The molecule has 0 aliphatic rings. The minimum atomic E-state index is -1.71. The summed E-state index contributed by atoms with van der Waals surface area (Å²) >= 11 is 3.83. The molecule has 144 valence electrons. The Balaban J connectivity index is 1.90. The van der Waals surface area contributed by atoms with Crippen LogP contribution in [0.25, 0.3) is 10.4 Å². The number of hydrogen-bond donors (Lipinski definition) is 0. The molecule has 0 N–H and O–H groups in total. The van der Waals surface area contributed by atoms with Crippen molar-refractivity contribution in [1.82, 2.24) is 0 Å². The first-order chi connectivity index (χ1) is 13.4. The van der Waals surface area contributed by atoms with Gasteiger partial charge in [-0.05, 0) is 95.1 Å². The van der Waals surface area contributed by atoms with Gasteiger partial charge < -0.3 is 9.47 Å². The van der Waals surface area contributed by atoms with E-state index in [9.17, 15) is 9.59 Å². The molecule has 3 aromatic rings. The molecule has 0 bridgehead atoms. The summed E-state index contributed by atoms with van der Waals surface area (Å²) in [6.45, 7) is 2.79. The molecule has 0 spiro atoms. The lowest BCUT2D eigenvalue weighted by atomic mass is 10.1. The van der Waals surface area contributed by atoms with Crippen molar-refractivity contribution in [2.75, 3.05) is 0 Å². The predicted octanol–water partition coefficient (Wildman–Crippen LogP) is 5.74. The Morgan fingerprint density at radius 2 is 1.50 bits per heavy atom. The van der Waals surface area contributed by atoms with E-state index in [1.54, 1.807) is 35.6 Å². The lowest BCUT2D eigenvalue weighted by Crippen LogP contribution is -2.50. The first-order valence-corrected chi connectivity index (χ1v) is 10.6. The van der Waals surface area contributed by atoms with E-state index in [-0.39, 0.29) is 18.0 Å². The van der Waals surface area contributed by atoms with Gasteiger partial charge >= 0.3 is 5.79 Å². The quantitative estimate of drug-likeness (QED) is 0.289. The minimum absolute atomic E-state index is 0.180. The molecule has 28 heavy (non-hydrogen) atoms. The van der Waals surface area contributed by atoms with Gasteiger partial charge in [0, 0.05) is 15.4 Å². The van der Waals surface area contributed by atoms with E-state index in [2.05, 4.69) is 22.6 Å². The van der Waals surface area contributed by atoms with Gasteiger partial charge in [0.15, 0.2) is 0 Å². The molecule has 1 heterocycles. The molecule has 6 heteroatoms. The molecule has 1 unspecified atom stereocenters. The van der Waals surface area contributed by atoms with Crippen LogP contribution in [0, 0.1) is 3.57 Å². The van der Waals surface area contributed by atoms with Crippen LogP contribution < -0.4 is 9.47 Å². The van der Waals surface area contributed by atoms with Crippen molar-refractivity contribution in [1.29, 1.82) is 0 Å². The van der Waals surface area contributed by atoms with Crippen LogP contribution >= 0.6 is 33.9 Å². The average Bonchev–Trinajstić information content (AvgIpc) is 3.18. The summed E-state index contributed by atoms with van der Waals surface area (Å²) < 4.78 is 13.0. The van der Waals surface area contributed by atoms with Crippen LogP contribution in [0.5, 0.6) is 11.5 Å². The zero-order valence-corrected chi connectivity index (χ0v) is 18.5. The van der Waals surface area contributed by atoms with Crippen molar-refractivity contribution in [3.63, 3.8) is 0 Å². The molecule has 0 aliphatic carbocycles. The maximum absolute atomic E-state index is 12.5. The Morgan fingerprint density at radius 3 is 1.96 bits per heavy atom. The Kier molecular flexibility index (Phi) is 6.51. The van der Waals surface area contributed by atoms with E-state index in [1.807, 2.05) is 41.8 Å². The second-order valence-electron chi connectivity index (χ2n) is 6.35. The molecule has 0 saturated heterocycles. The highest BCUT2D eigenvalue weighted by molar-refractivity contribution is 14.1. The summed E-state index contributed by atoms with van der Waals surface area (Å²) in [5.74, 6) is -1.35. The number of carbonyl (C=O) groups excluding carboxylic acids is 2. The Morgan fingerprint density at radius 1 is 0.929 bits per heavy atom. The normalized spacial score (nSPS) is 12.8. The van der Waals surface area contributed by atoms with Gasteiger partial charge in [-0.1, -0.05) is 6.07 Å². The third-order valence-corrected chi connectivity index (χ3v) is 5.70. The lowest BCUT2D eigenvalue weighted by molar-refractivity contribution is -0.166. The lowest BCUT2D eigenvalue weighted by Gasteiger charge is -2.31. The van der Waals surface area contributed by atoms with Crippen LogP contribution in [-0.2, 0) is 9.59 Å². The number of ether oxygens (including phenoxy) is 2. The molecule has 0 amide bonds. The third-order valence-electron chi connectivity index (χ3n) is 4.06. The Hall–Kier alpha value is -2.19. The zero-order chi connectivity index (χ0) is 20.1. The molecule has 0 radical (unpaired) electrons. The summed E-state index contributed by atoms with van der Waals surface area (Å²) in [7, 11) is 0. The summed E-state index contributed by atoms with van der Waals surface area (Å²) in [5, 5.41) is 2.02. The molecular formula is C22H19IO4S. The van der Waals surface area contributed by atoms with Crippen molar-refractivity contribution in [3.05, 3.63) is 69.6 Å². The number of Topliss-reactive ketones (excluding diaryl/α,β-unsaturated/α-hetero) is 2. The van der Waals surface area contributed by atoms with E-state index < -0.39 is 5.79 Å². The van der Waals surface area contributed by atoms with Gasteiger partial charge in [0.25, 0.3) is 0 Å². The number of halogens is 1. The van der Waals surface area contributed by atoms with Crippen molar-refractivity contribution in [3.8, 4) is 21.9 Å². The minimum Gasteiger partial charge on any atom is -0.445 e. The summed E-state index contributed by atoms with van der Waals surface area (Å²) in [5.41, 5.74) is 1.06. The number of ketones is 2. The molecular weight excluding hydrogens is 487 g/mol. The van der Waals surface area contributed by atoms with Crippen LogP contribution in [-0.4, -0.2) is 17.4 Å². The van der Waals surface area contributed by atoms with Gasteiger partial charge in [-0.15, -0.1) is 11.3 Å². The first-order valence-electron chi connectivity index (χ1n) is 8.66. The van der Waals surface area contributed by atoms with E-state index >= 15 is 0 Å². The fourth-order valence-electron chi connectivity index (χ4n) is 2.70. The van der Waals surface area contributed by atoms with E-state index in [0.29, 0.717) is 11.5 Å². The Bertz CT molecular complexity index is 949. The molecule has 1 atom stereocenters. The predicted molar refractivity (Wildman–Crippen MR) is 119 cm³/mol. The second kappa shape index (κ2) is 8.87. The molecule has 1 aromatic heterocycles. The van der Waals surface area contributed by atoms with Gasteiger partial charge in [0.2, 0.25) is 5.78 Å². The van der Waals surface area contributed by atoms with Gasteiger partial charge in [-0.2, -0.15) is 0 Å². The van der Waals surface area contributed by atoms with E-state index in [4.69, 9.17) is 9.47 Å². The van der Waals surface area contributed by atoms with Gasteiger partial charge in [-0.3, -0.25) is 9.59 Å². The number of benzene rings is 2. The molecule has 2 aromatic carbocycles. The van der Waals surface area contributed by atoms with Crippen LogP contribution in [0.4, 0.5) is 0 Å². The summed E-state index contributed by atoms with van der Waals surface area (Å²) in [4.78, 5) is 25.6. The number of thiophene rings is 1. The average molecular weight is 506 g/mol. The highest BCUT2D eigenvalue weighted by atomic mass is 127. The van der Waals surface area contributed by atoms with Gasteiger partial charge in [0.05, 0.1) is 6.42 Å². The molecule has 4 nitrogen and oxygen atoms in total. The van der Waals surface area contributed by atoms with Gasteiger partial charge in [-0.25, -0.2) is 0 Å². The topological polar surface area (TPSA) is 52.6 Å². The third kappa shape index (κ3) is 4.99. The van der Waals surface area contributed by atoms with Crippen LogP contribution in [0.1, 0.15) is 20.3 Å². The smallest absolute Gasteiger partial charge is 0.317 e. The fourth-order valence-corrected chi connectivity index (χ4v) is 3.80. The highest BCUT2D eigenvalue weighted by Crippen LogP contribution is 2.31. The van der Waals surface area contributed by atoms with E-state index in [0.717, 1.165) is 14.0 Å². The largest absolute Gasteiger partial charge is 0.445 e. The first kappa shape index (κ1) is 20.5. The maximum atomic E-state index is 12.5. The highest BCUT2D eigenvalue weighted by Gasteiger charge is 2.42. The van der Waals surface area contributed by atoms with Crippen molar-refractivity contribution in [2.45, 2.75) is 26.1 Å². The molecule has 3 rings (SSSR count). The van der Waals surface area contributed by atoms with Crippen LogP contribution in [0.2, 0.25) is 0 Å².